The molecule has 2 aliphatic heterocycles. The fourth-order valence-electron chi connectivity index (χ4n) is 2.05. The van der Waals surface area contributed by atoms with Crippen molar-refractivity contribution < 1.29 is 9.47 Å². The summed E-state index contributed by atoms with van der Waals surface area (Å²) >= 11 is 11.7. The molecule has 17 heavy (non-hydrogen) atoms. The largest absolute Gasteiger partial charge is 0.373 e. The highest BCUT2D eigenvalue weighted by atomic mass is 35.5. The molecule has 3 rings (SSSR count). The van der Waals surface area contributed by atoms with Crippen LogP contribution in [0.1, 0.15) is 11.1 Å². The van der Waals surface area contributed by atoms with Crippen molar-refractivity contribution in [2.45, 2.75) is 25.0 Å². The van der Waals surface area contributed by atoms with Gasteiger partial charge in [0.1, 0.15) is 0 Å². The van der Waals surface area contributed by atoms with E-state index < -0.39 is 0 Å². The second kappa shape index (κ2) is 4.65. The Bertz CT molecular complexity index is 417. The first-order valence-corrected chi connectivity index (χ1v) is 6.37. The molecule has 0 spiro atoms. The highest BCUT2D eigenvalue weighted by molar-refractivity contribution is 6.49. The zero-order valence-electron chi connectivity index (χ0n) is 9.23. The highest BCUT2D eigenvalue weighted by Crippen LogP contribution is 2.32. The van der Waals surface area contributed by atoms with Crippen molar-refractivity contribution in [3.05, 3.63) is 29.3 Å². The number of halogens is 2. The Kier molecular flexibility index (Phi) is 3.17. The predicted molar refractivity (Wildman–Crippen MR) is 67.5 cm³/mol. The van der Waals surface area contributed by atoms with Crippen LogP contribution >= 0.6 is 23.6 Å². The number of anilines is 1. The number of nitrogens with zero attached hydrogens (tertiary/aromatic N) is 1. The molecule has 92 valence electrons. The lowest BCUT2D eigenvalue weighted by molar-refractivity contribution is 0.402. The van der Waals surface area contributed by atoms with Crippen LogP contribution in [0.5, 0.6) is 0 Å². The molecule has 3 nitrogen and oxygen atoms in total. The maximum Gasteiger partial charge on any atom is 0.0851 e. The Morgan fingerprint density at radius 3 is 2.35 bits per heavy atom. The lowest BCUT2D eigenvalue weighted by Gasteiger charge is -2.15. The summed E-state index contributed by atoms with van der Waals surface area (Å²) in [5.74, 6) is 0. The molecule has 1 aromatic rings. The molecule has 2 unspecified atom stereocenters. The van der Waals surface area contributed by atoms with Gasteiger partial charge in [0.05, 0.1) is 31.1 Å². The third-order valence-electron chi connectivity index (χ3n) is 3.11. The summed E-state index contributed by atoms with van der Waals surface area (Å²) in [4.78, 5) is 0. The van der Waals surface area contributed by atoms with E-state index in [-0.39, 0.29) is 0 Å². The Labute approximate surface area is 110 Å². The van der Waals surface area contributed by atoms with Gasteiger partial charge in [0.15, 0.2) is 0 Å². The number of ether oxygens (including phenoxy) is 2. The van der Waals surface area contributed by atoms with Crippen LogP contribution in [0.25, 0.3) is 0 Å². The van der Waals surface area contributed by atoms with Gasteiger partial charge in [0.25, 0.3) is 0 Å². The van der Waals surface area contributed by atoms with Crippen LogP contribution in [0.15, 0.2) is 18.2 Å². The van der Waals surface area contributed by atoms with Crippen molar-refractivity contribution in [2.75, 3.05) is 17.2 Å². The van der Waals surface area contributed by atoms with Gasteiger partial charge in [-0.2, -0.15) is 3.94 Å². The van der Waals surface area contributed by atoms with E-state index in [1.807, 2.05) is 12.1 Å². The van der Waals surface area contributed by atoms with Gasteiger partial charge in [0, 0.05) is 36.4 Å². The molecule has 0 aromatic heterocycles. The fourth-order valence-corrected chi connectivity index (χ4v) is 2.37. The molecule has 2 heterocycles. The van der Waals surface area contributed by atoms with E-state index in [4.69, 9.17) is 33.0 Å². The Morgan fingerprint density at radius 1 is 1.12 bits per heavy atom. The number of hydrogen-bond acceptors (Lipinski definition) is 3. The predicted octanol–water partition coefficient (Wildman–Crippen LogP) is 2.68. The molecule has 0 N–H and O–H groups in total. The number of rotatable bonds is 5. The lowest BCUT2D eigenvalue weighted by atomic mass is 9.97. The fraction of sp³-hybridized carbons (Fsp3) is 0.500. The van der Waals surface area contributed by atoms with Gasteiger partial charge in [0.2, 0.25) is 0 Å². The summed E-state index contributed by atoms with van der Waals surface area (Å²) in [5, 5.41) is 0. The van der Waals surface area contributed by atoms with Crippen LogP contribution in [0.2, 0.25) is 0 Å². The van der Waals surface area contributed by atoms with Gasteiger partial charge in [-0.05, 0) is 17.2 Å². The van der Waals surface area contributed by atoms with Gasteiger partial charge in [-0.3, -0.25) is 0 Å². The maximum absolute atomic E-state index is 5.86. The average Bonchev–Trinajstić information content (AvgIpc) is 3.13. The summed E-state index contributed by atoms with van der Waals surface area (Å²) in [6.45, 7) is 1.69. The van der Waals surface area contributed by atoms with E-state index in [2.05, 4.69) is 6.07 Å². The van der Waals surface area contributed by atoms with Crippen LogP contribution in [0, 0.1) is 0 Å². The Hall–Kier alpha value is -0.480. The van der Waals surface area contributed by atoms with Crippen molar-refractivity contribution >= 4 is 29.2 Å². The summed E-state index contributed by atoms with van der Waals surface area (Å²) in [5.41, 5.74) is 3.28. The molecular formula is C12H13Cl2NO2. The quantitative estimate of drug-likeness (QED) is 0.610. The lowest BCUT2D eigenvalue weighted by Crippen LogP contribution is -2.07. The maximum atomic E-state index is 5.86. The van der Waals surface area contributed by atoms with Gasteiger partial charge in [-0.25, -0.2) is 0 Å². The molecule has 2 fully saturated rings. The second-order valence-electron chi connectivity index (χ2n) is 4.47. The van der Waals surface area contributed by atoms with E-state index in [0.29, 0.717) is 12.2 Å². The van der Waals surface area contributed by atoms with E-state index in [0.717, 1.165) is 35.7 Å². The third kappa shape index (κ3) is 2.86. The zero-order valence-corrected chi connectivity index (χ0v) is 10.7. The molecule has 1 aromatic carbocycles. The molecule has 2 saturated heterocycles. The molecule has 0 saturated carbocycles. The van der Waals surface area contributed by atoms with Crippen molar-refractivity contribution in [1.29, 1.82) is 0 Å². The van der Waals surface area contributed by atoms with Crippen LogP contribution in [0.4, 0.5) is 5.69 Å². The van der Waals surface area contributed by atoms with Crippen LogP contribution in [-0.4, -0.2) is 25.4 Å². The first-order chi connectivity index (χ1) is 8.24. The van der Waals surface area contributed by atoms with E-state index >= 15 is 0 Å². The average molecular weight is 274 g/mol. The normalized spacial score (nSPS) is 25.8. The minimum atomic E-state index is 0.323. The van der Waals surface area contributed by atoms with E-state index in [9.17, 15) is 0 Å². The third-order valence-corrected chi connectivity index (χ3v) is 3.48. The summed E-state index contributed by atoms with van der Waals surface area (Å²) in [6.07, 6.45) is 2.48. The van der Waals surface area contributed by atoms with Gasteiger partial charge in [-0.15, -0.1) is 0 Å². The van der Waals surface area contributed by atoms with E-state index in [1.54, 1.807) is 0 Å². The Morgan fingerprint density at radius 2 is 1.76 bits per heavy atom. The second-order valence-corrected chi connectivity index (χ2v) is 5.32. The van der Waals surface area contributed by atoms with Gasteiger partial charge < -0.3 is 9.47 Å². The van der Waals surface area contributed by atoms with Gasteiger partial charge in [-0.1, -0.05) is 12.1 Å². The molecule has 0 amide bonds. The van der Waals surface area contributed by atoms with E-state index in [1.165, 1.54) is 11.1 Å². The summed E-state index contributed by atoms with van der Waals surface area (Å²) in [7, 11) is 0. The first kappa shape index (κ1) is 11.6. The summed E-state index contributed by atoms with van der Waals surface area (Å²) in [6, 6.07) is 6.01. The van der Waals surface area contributed by atoms with Crippen LogP contribution in [0.3, 0.4) is 0 Å². The topological polar surface area (TPSA) is 28.3 Å². The number of benzene rings is 1. The van der Waals surface area contributed by atoms with Gasteiger partial charge >= 0.3 is 0 Å². The van der Waals surface area contributed by atoms with Crippen molar-refractivity contribution in [3.63, 3.8) is 0 Å². The molecular weight excluding hydrogens is 261 g/mol. The number of hydrogen-bond donors (Lipinski definition) is 0. The summed E-state index contributed by atoms with van der Waals surface area (Å²) < 4.78 is 11.7. The zero-order chi connectivity index (χ0) is 11.8. The minimum absolute atomic E-state index is 0.323. The van der Waals surface area contributed by atoms with Crippen molar-refractivity contribution in [1.82, 2.24) is 0 Å². The highest BCUT2D eigenvalue weighted by Gasteiger charge is 2.29. The molecule has 2 aliphatic rings. The standard InChI is InChI=1S/C12H13Cl2NO2/c13-15(14)12-3-1-2-8(4-9-6-16-9)11(12)5-10-7-17-10/h1-3,9-10H,4-7H2. The monoisotopic (exact) mass is 273 g/mol. The molecule has 0 bridgehead atoms. The SMILES string of the molecule is ClN(Cl)c1cccc(CC2CO2)c1CC1CO1. The van der Waals surface area contributed by atoms with Crippen molar-refractivity contribution in [3.8, 4) is 0 Å². The number of epoxide rings is 2. The smallest absolute Gasteiger partial charge is 0.0851 e. The first-order valence-electron chi connectivity index (χ1n) is 5.69. The minimum Gasteiger partial charge on any atom is -0.373 e. The molecule has 0 aliphatic carbocycles. The van der Waals surface area contributed by atoms with Crippen molar-refractivity contribution in [2.24, 2.45) is 0 Å². The van der Waals surface area contributed by atoms with Crippen LogP contribution < -0.4 is 3.94 Å². The Balaban J connectivity index is 1.89. The van der Waals surface area contributed by atoms with Crippen LogP contribution in [-0.2, 0) is 22.3 Å². The molecule has 0 radical (unpaired) electrons. The molecule has 5 heteroatoms. The molecule has 2 atom stereocenters.